The van der Waals surface area contributed by atoms with Crippen molar-refractivity contribution in [3.8, 4) is 0 Å². The molecule has 3 nitrogen and oxygen atoms in total. The molecule has 13 heavy (non-hydrogen) atoms. The first-order chi connectivity index (χ1) is 6.18. The Morgan fingerprint density at radius 1 is 1.38 bits per heavy atom. The zero-order valence-corrected chi connectivity index (χ0v) is 6.92. The molecule has 4 heteroatoms. The highest BCUT2D eigenvalue weighted by atomic mass is 19.1. The molecule has 0 aromatic heterocycles. The summed E-state index contributed by atoms with van der Waals surface area (Å²) in [6, 6.07) is 5.90. The zero-order valence-electron chi connectivity index (χ0n) is 6.92. The molecule has 0 saturated carbocycles. The minimum absolute atomic E-state index is 0.0328. The van der Waals surface area contributed by atoms with Crippen molar-refractivity contribution in [2.24, 2.45) is 5.73 Å². The molecule has 0 bridgehead atoms. The predicted octanol–water partition coefficient (Wildman–Crippen LogP) is 1.69. The van der Waals surface area contributed by atoms with Crippen molar-refractivity contribution in [3.05, 3.63) is 42.4 Å². The summed E-state index contributed by atoms with van der Waals surface area (Å²) in [5.74, 6) is -0.310. The second-order valence-corrected chi connectivity index (χ2v) is 2.44. The number of hydrogen-bond donors (Lipinski definition) is 3. The number of nitrogens with two attached hydrogens (primary N) is 1. The maximum Gasteiger partial charge on any atom is 0.123 e. The summed E-state index contributed by atoms with van der Waals surface area (Å²) < 4.78 is 12.4. The molecule has 0 unspecified atom stereocenters. The molecule has 0 aliphatic rings. The van der Waals surface area contributed by atoms with E-state index in [-0.39, 0.29) is 11.7 Å². The molecule has 1 aromatic rings. The SMILES string of the molecule is N=C(N)/C=C\Nc1ccc(F)cc1. The second-order valence-electron chi connectivity index (χ2n) is 2.44. The van der Waals surface area contributed by atoms with Gasteiger partial charge in [-0.3, -0.25) is 5.41 Å². The van der Waals surface area contributed by atoms with Crippen molar-refractivity contribution in [3.63, 3.8) is 0 Å². The molecular weight excluding hydrogens is 169 g/mol. The van der Waals surface area contributed by atoms with E-state index in [0.29, 0.717) is 0 Å². The molecule has 0 amide bonds. The molecule has 1 aromatic carbocycles. The van der Waals surface area contributed by atoms with Gasteiger partial charge >= 0.3 is 0 Å². The van der Waals surface area contributed by atoms with E-state index in [2.05, 4.69) is 5.32 Å². The molecule has 0 aliphatic carbocycles. The van der Waals surface area contributed by atoms with E-state index in [4.69, 9.17) is 11.1 Å². The van der Waals surface area contributed by atoms with Crippen LogP contribution in [-0.2, 0) is 0 Å². The van der Waals surface area contributed by atoms with E-state index in [0.717, 1.165) is 5.69 Å². The third-order valence-corrected chi connectivity index (χ3v) is 1.36. The minimum Gasteiger partial charge on any atom is -0.384 e. The molecule has 0 heterocycles. The van der Waals surface area contributed by atoms with Crippen LogP contribution >= 0.6 is 0 Å². The van der Waals surface area contributed by atoms with Crippen LogP contribution in [0.15, 0.2) is 36.5 Å². The van der Waals surface area contributed by atoms with Gasteiger partial charge in [-0.2, -0.15) is 0 Å². The first kappa shape index (κ1) is 9.25. The molecule has 0 saturated heterocycles. The number of nitrogens with one attached hydrogen (secondary N) is 2. The quantitative estimate of drug-likeness (QED) is 0.488. The Morgan fingerprint density at radius 3 is 2.54 bits per heavy atom. The highest BCUT2D eigenvalue weighted by Crippen LogP contribution is 2.07. The third-order valence-electron chi connectivity index (χ3n) is 1.36. The van der Waals surface area contributed by atoms with Crippen LogP contribution in [0.3, 0.4) is 0 Å². The van der Waals surface area contributed by atoms with Gasteiger partial charge < -0.3 is 11.1 Å². The van der Waals surface area contributed by atoms with Crippen molar-refractivity contribution in [1.82, 2.24) is 0 Å². The Bertz CT molecular complexity index is 316. The van der Waals surface area contributed by atoms with Gasteiger partial charge in [-0.1, -0.05) is 0 Å². The molecule has 0 aliphatic heterocycles. The number of amidine groups is 1. The standard InChI is InChI=1S/C9H10FN3/c10-7-1-3-8(4-2-7)13-6-5-9(11)12/h1-6,13H,(H3,11,12)/b6-5-. The van der Waals surface area contributed by atoms with Crippen LogP contribution in [0.25, 0.3) is 0 Å². The highest BCUT2D eigenvalue weighted by Gasteiger charge is 1.89. The largest absolute Gasteiger partial charge is 0.384 e. The summed E-state index contributed by atoms with van der Waals surface area (Å²) in [7, 11) is 0. The Morgan fingerprint density at radius 2 is 2.00 bits per heavy atom. The van der Waals surface area contributed by atoms with Crippen LogP contribution in [0.4, 0.5) is 10.1 Å². The van der Waals surface area contributed by atoms with E-state index in [1.54, 1.807) is 12.1 Å². The van der Waals surface area contributed by atoms with Crippen LogP contribution in [0.5, 0.6) is 0 Å². The molecule has 1 rings (SSSR count). The van der Waals surface area contributed by atoms with Crippen LogP contribution in [0.1, 0.15) is 0 Å². The number of rotatable bonds is 3. The van der Waals surface area contributed by atoms with Crippen molar-refractivity contribution in [1.29, 1.82) is 5.41 Å². The first-order valence-corrected chi connectivity index (χ1v) is 3.71. The Kier molecular flexibility index (Phi) is 3.03. The normalized spacial score (nSPS) is 10.2. The zero-order chi connectivity index (χ0) is 9.68. The van der Waals surface area contributed by atoms with Gasteiger partial charge in [0.25, 0.3) is 0 Å². The van der Waals surface area contributed by atoms with Gasteiger partial charge in [-0.25, -0.2) is 4.39 Å². The van der Waals surface area contributed by atoms with Crippen molar-refractivity contribution < 1.29 is 4.39 Å². The van der Waals surface area contributed by atoms with Crippen LogP contribution in [0, 0.1) is 11.2 Å². The lowest BCUT2D eigenvalue weighted by Gasteiger charge is -1.98. The van der Waals surface area contributed by atoms with Gasteiger partial charge in [0, 0.05) is 11.9 Å². The second kappa shape index (κ2) is 4.25. The Hall–Kier alpha value is -1.84. The molecule has 0 atom stereocenters. The summed E-state index contributed by atoms with van der Waals surface area (Å²) >= 11 is 0. The summed E-state index contributed by atoms with van der Waals surface area (Å²) in [6.45, 7) is 0. The Labute approximate surface area is 75.6 Å². The lowest BCUT2D eigenvalue weighted by Crippen LogP contribution is -2.05. The number of hydrogen-bond acceptors (Lipinski definition) is 2. The summed E-state index contributed by atoms with van der Waals surface area (Å²) in [4.78, 5) is 0. The fourth-order valence-corrected chi connectivity index (χ4v) is 0.774. The maximum absolute atomic E-state index is 12.4. The monoisotopic (exact) mass is 179 g/mol. The van der Waals surface area contributed by atoms with E-state index in [1.807, 2.05) is 0 Å². The third kappa shape index (κ3) is 3.37. The predicted molar refractivity (Wildman–Crippen MR) is 51.1 cm³/mol. The fourth-order valence-electron chi connectivity index (χ4n) is 0.774. The summed E-state index contributed by atoms with van der Waals surface area (Å²) in [5, 5.41) is 9.72. The molecular formula is C9H10FN3. The summed E-state index contributed by atoms with van der Waals surface area (Å²) in [5.41, 5.74) is 5.83. The topological polar surface area (TPSA) is 61.9 Å². The van der Waals surface area contributed by atoms with Crippen molar-refractivity contribution >= 4 is 11.5 Å². The van der Waals surface area contributed by atoms with E-state index in [9.17, 15) is 4.39 Å². The fraction of sp³-hybridized carbons (Fsp3) is 0. The highest BCUT2D eigenvalue weighted by molar-refractivity contribution is 5.88. The average Bonchev–Trinajstić information content (AvgIpc) is 2.08. The van der Waals surface area contributed by atoms with Crippen LogP contribution in [-0.4, -0.2) is 5.84 Å². The van der Waals surface area contributed by atoms with Gasteiger partial charge in [0.2, 0.25) is 0 Å². The molecule has 68 valence electrons. The Balaban J connectivity index is 2.55. The van der Waals surface area contributed by atoms with Crippen LogP contribution in [0.2, 0.25) is 0 Å². The van der Waals surface area contributed by atoms with E-state index in [1.165, 1.54) is 24.4 Å². The van der Waals surface area contributed by atoms with E-state index >= 15 is 0 Å². The lowest BCUT2D eigenvalue weighted by atomic mass is 10.3. The molecule has 0 spiro atoms. The van der Waals surface area contributed by atoms with Gasteiger partial charge in [0.05, 0.1) is 0 Å². The average molecular weight is 179 g/mol. The van der Waals surface area contributed by atoms with Gasteiger partial charge in [0.15, 0.2) is 0 Å². The number of halogens is 1. The minimum atomic E-state index is -0.277. The van der Waals surface area contributed by atoms with Crippen LogP contribution < -0.4 is 11.1 Å². The number of benzene rings is 1. The number of anilines is 1. The molecule has 0 radical (unpaired) electrons. The molecule has 4 N–H and O–H groups in total. The van der Waals surface area contributed by atoms with Gasteiger partial charge in [0.1, 0.15) is 11.7 Å². The van der Waals surface area contributed by atoms with Gasteiger partial charge in [-0.05, 0) is 30.3 Å². The smallest absolute Gasteiger partial charge is 0.123 e. The van der Waals surface area contributed by atoms with Crippen molar-refractivity contribution in [2.75, 3.05) is 5.32 Å². The summed E-state index contributed by atoms with van der Waals surface area (Å²) in [6.07, 6.45) is 2.93. The van der Waals surface area contributed by atoms with E-state index < -0.39 is 0 Å². The first-order valence-electron chi connectivity index (χ1n) is 3.71. The van der Waals surface area contributed by atoms with Gasteiger partial charge in [-0.15, -0.1) is 0 Å². The molecule has 0 fully saturated rings. The lowest BCUT2D eigenvalue weighted by molar-refractivity contribution is 0.628. The maximum atomic E-state index is 12.4. The van der Waals surface area contributed by atoms with Crippen molar-refractivity contribution in [2.45, 2.75) is 0 Å².